The van der Waals surface area contributed by atoms with Gasteiger partial charge in [0.2, 0.25) is 0 Å². The van der Waals surface area contributed by atoms with Crippen molar-refractivity contribution in [1.82, 2.24) is 0 Å². The molecule has 1 rings (SSSR count). The zero-order valence-electron chi connectivity index (χ0n) is 9.32. The van der Waals surface area contributed by atoms with Crippen LogP contribution in [0.4, 0.5) is 0 Å². The first kappa shape index (κ1) is 14.4. The van der Waals surface area contributed by atoms with Crippen molar-refractivity contribution in [2.75, 3.05) is 0 Å². The van der Waals surface area contributed by atoms with Crippen LogP contribution in [0, 0.1) is 12.7 Å². The van der Waals surface area contributed by atoms with Gasteiger partial charge in [-0.2, -0.15) is 0 Å². The van der Waals surface area contributed by atoms with E-state index in [9.17, 15) is 8.42 Å². The fourth-order valence-corrected chi connectivity index (χ4v) is 2.24. The third-order valence-corrected chi connectivity index (χ3v) is 3.35. The Balaban J connectivity index is 0.00000196. The third kappa shape index (κ3) is 4.17. The molecule has 0 aromatic heterocycles. The summed E-state index contributed by atoms with van der Waals surface area (Å²) >= 11 is 0. The molecule has 0 spiro atoms. The van der Waals surface area contributed by atoms with Crippen LogP contribution in [0.2, 0.25) is 0 Å². The van der Waals surface area contributed by atoms with Gasteiger partial charge >= 0.3 is 18.9 Å². The Morgan fingerprint density at radius 3 is 2.13 bits per heavy atom. The van der Waals surface area contributed by atoms with Gasteiger partial charge in [0.1, 0.15) is 9.84 Å². The van der Waals surface area contributed by atoms with E-state index in [2.05, 4.69) is 6.58 Å². The molecule has 0 atom stereocenters. The second-order valence-corrected chi connectivity index (χ2v) is 5.12. The standard InChI is InChI=1S/C11H13O2S.Li/c1-9(2)8-14(12,13)11-6-4-10(3)5-7-11;/h4-8H,1H2,2-3H3;/q-1;+1. The van der Waals surface area contributed by atoms with Gasteiger partial charge in [-0.1, -0.05) is 24.6 Å². The molecule has 0 aliphatic heterocycles. The van der Waals surface area contributed by atoms with E-state index in [0.717, 1.165) is 5.56 Å². The van der Waals surface area contributed by atoms with Gasteiger partial charge in [-0.3, -0.25) is 0 Å². The first-order valence-electron chi connectivity index (χ1n) is 4.24. The summed E-state index contributed by atoms with van der Waals surface area (Å²) in [5.74, 6) is 1.18. The molecule has 0 radical (unpaired) electrons. The zero-order valence-corrected chi connectivity index (χ0v) is 10.1. The normalized spacial score (nSPS) is 10.3. The Bertz CT molecular complexity index is 432. The molecule has 0 saturated heterocycles. The first-order valence-corrected chi connectivity index (χ1v) is 5.78. The number of hydrogen-bond donors (Lipinski definition) is 0. The molecule has 0 N–H and O–H groups in total. The average molecular weight is 216 g/mol. The van der Waals surface area contributed by atoms with E-state index < -0.39 is 9.84 Å². The van der Waals surface area contributed by atoms with Gasteiger partial charge in [-0.05, 0) is 19.1 Å². The van der Waals surface area contributed by atoms with Crippen molar-refractivity contribution in [2.45, 2.75) is 18.7 Å². The van der Waals surface area contributed by atoms with Crippen LogP contribution in [0.1, 0.15) is 12.5 Å². The summed E-state index contributed by atoms with van der Waals surface area (Å²) in [6, 6.07) is 6.76. The Labute approximate surface area is 103 Å². The molecule has 0 heterocycles. The van der Waals surface area contributed by atoms with Gasteiger partial charge in [-0.15, -0.1) is 5.75 Å². The van der Waals surface area contributed by atoms with Gasteiger partial charge in [0, 0.05) is 0 Å². The van der Waals surface area contributed by atoms with E-state index >= 15 is 0 Å². The molecule has 0 saturated carbocycles. The Morgan fingerprint density at radius 1 is 1.27 bits per heavy atom. The summed E-state index contributed by atoms with van der Waals surface area (Å²) in [4.78, 5) is 0.311. The van der Waals surface area contributed by atoms with Gasteiger partial charge in [0.15, 0.2) is 0 Å². The average Bonchev–Trinajstić information content (AvgIpc) is 2.02. The number of rotatable bonds is 3. The Kier molecular flexibility index (Phi) is 5.23. The summed E-state index contributed by atoms with van der Waals surface area (Å²) in [5.41, 5.74) is 1.57. The molecular weight excluding hydrogens is 203 g/mol. The van der Waals surface area contributed by atoms with Crippen LogP contribution >= 0.6 is 0 Å². The minimum atomic E-state index is -3.30. The first-order chi connectivity index (χ1) is 6.42. The molecule has 15 heavy (non-hydrogen) atoms. The molecular formula is C11H13LiO2S. The number of hydrogen-bond acceptors (Lipinski definition) is 2. The van der Waals surface area contributed by atoms with E-state index in [-0.39, 0.29) is 18.9 Å². The van der Waals surface area contributed by atoms with Gasteiger partial charge in [-0.25, -0.2) is 20.6 Å². The zero-order chi connectivity index (χ0) is 10.8. The van der Waals surface area contributed by atoms with Gasteiger partial charge in [0.05, 0.1) is 4.90 Å². The molecule has 0 bridgehead atoms. The molecule has 0 aliphatic carbocycles. The van der Waals surface area contributed by atoms with Crippen molar-refractivity contribution in [2.24, 2.45) is 0 Å². The molecule has 0 unspecified atom stereocenters. The van der Waals surface area contributed by atoms with E-state index in [0.29, 0.717) is 10.5 Å². The molecule has 2 nitrogen and oxygen atoms in total. The Morgan fingerprint density at radius 2 is 1.73 bits per heavy atom. The monoisotopic (exact) mass is 216 g/mol. The number of benzene rings is 1. The van der Waals surface area contributed by atoms with Crippen LogP contribution in [0.5, 0.6) is 0 Å². The molecule has 0 aliphatic rings. The van der Waals surface area contributed by atoms with Crippen molar-refractivity contribution < 1.29 is 27.3 Å². The minimum absolute atomic E-state index is 0. The van der Waals surface area contributed by atoms with E-state index in [1.165, 1.54) is 5.75 Å². The van der Waals surface area contributed by atoms with Crippen molar-refractivity contribution in [3.05, 3.63) is 47.7 Å². The van der Waals surface area contributed by atoms with E-state index in [4.69, 9.17) is 0 Å². The predicted octanol–water partition coefficient (Wildman–Crippen LogP) is -0.489. The fraction of sp³-hybridized carbons (Fsp3) is 0.182. The van der Waals surface area contributed by atoms with Crippen molar-refractivity contribution in [3.63, 3.8) is 0 Å². The van der Waals surface area contributed by atoms with Crippen molar-refractivity contribution >= 4 is 9.84 Å². The summed E-state index contributed by atoms with van der Waals surface area (Å²) in [7, 11) is -3.30. The largest absolute Gasteiger partial charge is 1.00 e. The molecule has 0 fully saturated rings. The van der Waals surface area contributed by atoms with Gasteiger partial charge in [0.25, 0.3) is 0 Å². The topological polar surface area (TPSA) is 34.1 Å². The second-order valence-electron chi connectivity index (χ2n) is 3.32. The minimum Gasteiger partial charge on any atom is -0.241 e. The predicted molar refractivity (Wildman–Crippen MR) is 57.5 cm³/mol. The summed E-state index contributed by atoms with van der Waals surface area (Å²) in [5, 5.41) is 0. The van der Waals surface area contributed by atoms with E-state index in [1.54, 1.807) is 31.2 Å². The van der Waals surface area contributed by atoms with E-state index in [1.807, 2.05) is 6.92 Å². The van der Waals surface area contributed by atoms with Crippen LogP contribution in [-0.2, 0) is 9.84 Å². The summed E-state index contributed by atoms with van der Waals surface area (Å²) in [6.07, 6.45) is 0. The van der Waals surface area contributed by atoms with Gasteiger partial charge < -0.3 is 0 Å². The summed E-state index contributed by atoms with van der Waals surface area (Å²) < 4.78 is 23.3. The third-order valence-electron chi connectivity index (χ3n) is 1.71. The molecule has 4 heteroatoms. The molecule has 0 amide bonds. The summed E-state index contributed by atoms with van der Waals surface area (Å²) in [6.45, 7) is 7.12. The maximum atomic E-state index is 11.6. The quantitative estimate of drug-likeness (QED) is 0.505. The van der Waals surface area contributed by atoms with Crippen LogP contribution in [0.25, 0.3) is 0 Å². The van der Waals surface area contributed by atoms with Crippen LogP contribution in [0.15, 0.2) is 41.3 Å². The number of aryl methyl sites for hydroxylation is 1. The smallest absolute Gasteiger partial charge is 0.241 e. The second kappa shape index (κ2) is 5.46. The molecule has 1 aromatic carbocycles. The molecule has 76 valence electrons. The van der Waals surface area contributed by atoms with Crippen LogP contribution < -0.4 is 18.9 Å². The Hall–Kier alpha value is -0.623. The molecule has 1 aromatic rings. The van der Waals surface area contributed by atoms with Crippen LogP contribution in [-0.4, -0.2) is 8.42 Å². The van der Waals surface area contributed by atoms with Crippen LogP contribution in [0.3, 0.4) is 0 Å². The van der Waals surface area contributed by atoms with Crippen molar-refractivity contribution in [1.29, 1.82) is 0 Å². The maximum absolute atomic E-state index is 11.6. The fourth-order valence-electron chi connectivity index (χ4n) is 1.06. The SMILES string of the molecule is C=C(C)[CH-]S(=O)(=O)c1ccc(C)cc1.[Li+]. The maximum Gasteiger partial charge on any atom is 1.00 e. The number of sulfone groups is 1. The van der Waals surface area contributed by atoms with Crippen molar-refractivity contribution in [3.8, 4) is 0 Å².